The lowest BCUT2D eigenvalue weighted by Crippen LogP contribution is -2.55. The van der Waals surface area contributed by atoms with E-state index in [1.807, 2.05) is 0 Å². The molecule has 0 N–H and O–H groups in total. The smallest absolute Gasteiger partial charge is 0.349 e. The van der Waals surface area contributed by atoms with Crippen LogP contribution in [0.15, 0.2) is 96.4 Å². The first-order chi connectivity index (χ1) is 15.8. The molecule has 0 aliphatic heterocycles. The quantitative estimate of drug-likeness (QED) is 0.341. The highest BCUT2D eigenvalue weighted by atomic mass is 32.2. The van der Waals surface area contributed by atoms with Crippen molar-refractivity contribution >= 4 is 14.7 Å². The number of ether oxygens (including phenoxy) is 1. The summed E-state index contributed by atoms with van der Waals surface area (Å²) in [5.41, 5.74) is -5.92. The van der Waals surface area contributed by atoms with Crippen LogP contribution in [0.25, 0.3) is 4.91 Å². The molecule has 3 nitrogen and oxygen atoms in total. The van der Waals surface area contributed by atoms with E-state index in [0.717, 1.165) is 12.1 Å². The van der Waals surface area contributed by atoms with Crippen LogP contribution in [0.5, 0.6) is 0 Å². The molecule has 3 aromatic carbocycles. The van der Waals surface area contributed by atoms with E-state index in [2.05, 4.69) is 11.3 Å². The second-order valence-electron chi connectivity index (χ2n) is 7.27. The fourth-order valence-electron chi connectivity index (χ4n) is 3.29. The molecule has 0 spiro atoms. The summed E-state index contributed by atoms with van der Waals surface area (Å²) in [6.07, 6.45) is -11.7. The molecule has 180 valence electrons. The Balaban J connectivity index is 2.03. The normalized spacial score (nSPS) is 13.0. The first-order valence-electron chi connectivity index (χ1n) is 9.72. The molecule has 3 aromatic rings. The van der Waals surface area contributed by atoms with Crippen LogP contribution in [0, 0.1) is 0 Å². The average molecular weight is 500 g/mol. The average Bonchev–Trinajstić information content (AvgIpc) is 2.79. The summed E-state index contributed by atoms with van der Waals surface area (Å²) in [6.45, 7) is 2.51. The van der Waals surface area contributed by atoms with Gasteiger partial charge in [-0.1, -0.05) is 79.4 Å². The highest BCUT2D eigenvalue weighted by molar-refractivity contribution is 8.00. The van der Waals surface area contributed by atoms with E-state index in [9.17, 15) is 34.8 Å². The van der Waals surface area contributed by atoms with Crippen molar-refractivity contribution in [1.82, 2.24) is 0 Å². The standard InChI is InChI=1S/C24H18F6O3S/c1-17(34(31,32)21-10-6-3-7-11-21)19-12-14-20(15-13-19)22(23(25,26)27,24(28,29)30)33-16-18-8-4-2-5-9-18/h2-15H,1,16H2. The minimum Gasteiger partial charge on any atom is -0.349 e. The van der Waals surface area contributed by atoms with E-state index in [4.69, 9.17) is 0 Å². The lowest BCUT2D eigenvalue weighted by Gasteiger charge is -2.37. The van der Waals surface area contributed by atoms with Crippen molar-refractivity contribution in [1.29, 1.82) is 0 Å². The van der Waals surface area contributed by atoms with Gasteiger partial charge >= 0.3 is 12.4 Å². The van der Waals surface area contributed by atoms with Crippen LogP contribution >= 0.6 is 0 Å². The van der Waals surface area contributed by atoms with Gasteiger partial charge in [0.2, 0.25) is 9.84 Å². The van der Waals surface area contributed by atoms with Crippen molar-refractivity contribution in [3.05, 3.63) is 108 Å². The van der Waals surface area contributed by atoms with Crippen LogP contribution in [-0.4, -0.2) is 20.8 Å². The molecule has 0 saturated carbocycles. The topological polar surface area (TPSA) is 43.4 Å². The van der Waals surface area contributed by atoms with Crippen LogP contribution in [0.1, 0.15) is 16.7 Å². The SMILES string of the molecule is C=C(c1ccc(C(OCc2ccccc2)(C(F)(F)F)C(F)(F)F)cc1)S(=O)(=O)c1ccccc1. The van der Waals surface area contributed by atoms with Crippen molar-refractivity contribution < 1.29 is 39.5 Å². The molecule has 0 aromatic heterocycles. The lowest BCUT2D eigenvalue weighted by atomic mass is 9.91. The number of rotatable bonds is 7. The van der Waals surface area contributed by atoms with Gasteiger partial charge < -0.3 is 4.74 Å². The van der Waals surface area contributed by atoms with Crippen LogP contribution in [0.4, 0.5) is 26.3 Å². The molecular weight excluding hydrogens is 482 g/mol. The molecule has 0 amide bonds. The Bertz CT molecular complexity index is 1220. The van der Waals surface area contributed by atoms with Crippen molar-refractivity contribution in [3.63, 3.8) is 0 Å². The maximum absolute atomic E-state index is 14.0. The first kappa shape index (κ1) is 25.5. The summed E-state index contributed by atoms with van der Waals surface area (Å²) in [4.78, 5) is -0.588. The van der Waals surface area contributed by atoms with Gasteiger partial charge in [0, 0.05) is 5.56 Å². The van der Waals surface area contributed by atoms with E-state index in [1.165, 1.54) is 48.5 Å². The summed E-state index contributed by atoms with van der Waals surface area (Å²) in [6, 6.07) is 17.0. The molecule has 10 heteroatoms. The summed E-state index contributed by atoms with van der Waals surface area (Å²) < 4.78 is 114. The zero-order chi connectivity index (χ0) is 25.2. The van der Waals surface area contributed by atoms with Gasteiger partial charge in [-0.25, -0.2) is 8.42 Å². The summed E-state index contributed by atoms with van der Waals surface area (Å²) in [5.74, 6) is 0. The zero-order valence-corrected chi connectivity index (χ0v) is 18.2. The Morgan fingerprint density at radius 3 is 1.68 bits per heavy atom. The molecule has 0 radical (unpaired) electrons. The van der Waals surface area contributed by atoms with Crippen molar-refractivity contribution in [2.75, 3.05) is 0 Å². The predicted octanol–water partition coefficient (Wildman–Crippen LogP) is 6.67. The molecule has 0 aliphatic carbocycles. The maximum Gasteiger partial charge on any atom is 0.430 e. The van der Waals surface area contributed by atoms with E-state index in [0.29, 0.717) is 12.1 Å². The molecule has 0 heterocycles. The maximum atomic E-state index is 14.0. The van der Waals surface area contributed by atoms with Gasteiger partial charge in [0.1, 0.15) is 0 Å². The Kier molecular flexibility index (Phi) is 6.95. The van der Waals surface area contributed by atoms with E-state index >= 15 is 0 Å². The third-order valence-corrected chi connectivity index (χ3v) is 6.87. The molecule has 3 rings (SSSR count). The van der Waals surface area contributed by atoms with Gasteiger partial charge in [0.05, 0.1) is 16.4 Å². The third-order valence-electron chi connectivity index (χ3n) is 5.09. The number of alkyl halides is 6. The highest BCUT2D eigenvalue weighted by Crippen LogP contribution is 2.53. The lowest BCUT2D eigenvalue weighted by molar-refractivity contribution is -0.392. The van der Waals surface area contributed by atoms with Crippen LogP contribution < -0.4 is 0 Å². The third kappa shape index (κ3) is 4.74. The van der Waals surface area contributed by atoms with Gasteiger partial charge in [0.25, 0.3) is 5.60 Å². The monoisotopic (exact) mass is 500 g/mol. The Morgan fingerprint density at radius 1 is 0.735 bits per heavy atom. The van der Waals surface area contributed by atoms with Gasteiger partial charge in [-0.05, 0) is 23.3 Å². The van der Waals surface area contributed by atoms with Gasteiger partial charge in [-0.15, -0.1) is 0 Å². The Labute approximate surface area is 192 Å². The van der Waals surface area contributed by atoms with Crippen LogP contribution in [0.2, 0.25) is 0 Å². The molecular formula is C24H18F6O3S. The Hall–Kier alpha value is -3.11. The minimum absolute atomic E-state index is 0.110. The fraction of sp³-hybridized carbons (Fsp3) is 0.167. The van der Waals surface area contributed by atoms with E-state index < -0.39 is 44.9 Å². The molecule has 0 unspecified atom stereocenters. The Morgan fingerprint density at radius 2 is 1.21 bits per heavy atom. The van der Waals surface area contributed by atoms with Crippen molar-refractivity contribution in [2.45, 2.75) is 29.5 Å². The zero-order valence-electron chi connectivity index (χ0n) is 17.4. The molecule has 0 aliphatic rings. The van der Waals surface area contributed by atoms with Crippen molar-refractivity contribution in [2.24, 2.45) is 0 Å². The van der Waals surface area contributed by atoms with E-state index in [1.54, 1.807) is 12.1 Å². The molecule has 0 bridgehead atoms. The second-order valence-corrected chi connectivity index (χ2v) is 9.24. The summed E-state index contributed by atoms with van der Waals surface area (Å²) in [7, 11) is -4.11. The second kappa shape index (κ2) is 9.27. The minimum atomic E-state index is -5.87. The molecule has 0 fully saturated rings. The summed E-state index contributed by atoms with van der Waals surface area (Å²) in [5, 5.41) is 0. The molecule has 0 atom stereocenters. The summed E-state index contributed by atoms with van der Waals surface area (Å²) >= 11 is 0. The predicted molar refractivity (Wildman–Crippen MR) is 114 cm³/mol. The van der Waals surface area contributed by atoms with Gasteiger partial charge in [0.15, 0.2) is 0 Å². The number of hydrogen-bond donors (Lipinski definition) is 0. The van der Waals surface area contributed by atoms with E-state index in [-0.39, 0.29) is 16.0 Å². The van der Waals surface area contributed by atoms with Crippen LogP contribution in [-0.2, 0) is 26.8 Å². The van der Waals surface area contributed by atoms with Crippen molar-refractivity contribution in [3.8, 4) is 0 Å². The van der Waals surface area contributed by atoms with Gasteiger partial charge in [-0.2, -0.15) is 26.3 Å². The van der Waals surface area contributed by atoms with Gasteiger partial charge in [-0.3, -0.25) is 0 Å². The molecule has 0 saturated heterocycles. The number of sulfone groups is 1. The fourth-order valence-corrected chi connectivity index (χ4v) is 4.54. The number of hydrogen-bond acceptors (Lipinski definition) is 3. The number of halogens is 6. The highest BCUT2D eigenvalue weighted by Gasteiger charge is 2.73. The largest absolute Gasteiger partial charge is 0.430 e. The first-order valence-corrected chi connectivity index (χ1v) is 11.2. The van der Waals surface area contributed by atoms with Crippen LogP contribution in [0.3, 0.4) is 0 Å². The molecule has 34 heavy (non-hydrogen) atoms. The number of benzene rings is 3.